The lowest BCUT2D eigenvalue weighted by atomic mass is 10.3. The van der Waals surface area contributed by atoms with Crippen LogP contribution in [0.5, 0.6) is 0 Å². The number of hydrogen-bond donors (Lipinski definition) is 2. The molecular formula is C10H13ClN2O2S. The normalized spacial score (nSPS) is 21.2. The fourth-order valence-electron chi connectivity index (χ4n) is 1.68. The second-order valence-electron chi connectivity index (χ2n) is 3.77. The van der Waals surface area contributed by atoms with E-state index in [1.807, 2.05) is 0 Å². The van der Waals surface area contributed by atoms with E-state index in [1.165, 1.54) is 12.1 Å². The van der Waals surface area contributed by atoms with Gasteiger partial charge in [-0.2, -0.15) is 0 Å². The molecule has 1 atom stereocenters. The van der Waals surface area contributed by atoms with Crippen LogP contribution < -0.4 is 10.0 Å². The summed E-state index contributed by atoms with van der Waals surface area (Å²) in [5.74, 6) is 0. The molecule has 0 spiro atoms. The molecule has 0 saturated carbocycles. The van der Waals surface area contributed by atoms with Crippen molar-refractivity contribution < 1.29 is 8.42 Å². The minimum absolute atomic E-state index is 0.0241. The van der Waals surface area contributed by atoms with Crippen LogP contribution in [0.3, 0.4) is 0 Å². The summed E-state index contributed by atoms with van der Waals surface area (Å²) in [5, 5.41) is 3.53. The SMILES string of the molecule is O=S(=O)(N[C@H]1CCNC1)c1cccc(Cl)c1. The highest BCUT2D eigenvalue weighted by Gasteiger charge is 2.22. The Morgan fingerprint density at radius 2 is 2.25 bits per heavy atom. The lowest BCUT2D eigenvalue weighted by Crippen LogP contribution is -2.36. The fourth-order valence-corrected chi connectivity index (χ4v) is 3.25. The molecule has 6 heteroatoms. The molecule has 0 amide bonds. The maximum absolute atomic E-state index is 11.9. The first kappa shape index (κ1) is 11.9. The zero-order chi connectivity index (χ0) is 11.6. The smallest absolute Gasteiger partial charge is 0.240 e. The van der Waals surface area contributed by atoms with Crippen molar-refractivity contribution in [2.24, 2.45) is 0 Å². The number of benzene rings is 1. The average molecular weight is 261 g/mol. The van der Waals surface area contributed by atoms with Gasteiger partial charge >= 0.3 is 0 Å². The summed E-state index contributed by atoms with van der Waals surface area (Å²) in [5.41, 5.74) is 0. The minimum Gasteiger partial charge on any atom is -0.315 e. The summed E-state index contributed by atoms with van der Waals surface area (Å²) in [6.07, 6.45) is 0.819. The second-order valence-corrected chi connectivity index (χ2v) is 5.92. The predicted molar refractivity (Wildman–Crippen MR) is 63.0 cm³/mol. The maximum atomic E-state index is 11.9. The number of hydrogen-bond acceptors (Lipinski definition) is 3. The van der Waals surface area contributed by atoms with Crippen molar-refractivity contribution in [1.29, 1.82) is 0 Å². The van der Waals surface area contributed by atoms with Crippen LogP contribution in [-0.4, -0.2) is 27.5 Å². The molecular weight excluding hydrogens is 248 g/mol. The quantitative estimate of drug-likeness (QED) is 0.852. The zero-order valence-electron chi connectivity index (χ0n) is 8.61. The molecule has 0 unspecified atom stereocenters. The summed E-state index contributed by atoms with van der Waals surface area (Å²) < 4.78 is 26.5. The standard InChI is InChI=1S/C10H13ClN2O2S/c11-8-2-1-3-10(6-8)16(14,15)13-9-4-5-12-7-9/h1-3,6,9,12-13H,4-5,7H2/t9-/m0/s1. The van der Waals surface area contributed by atoms with Gasteiger partial charge in [-0.15, -0.1) is 0 Å². The van der Waals surface area contributed by atoms with Gasteiger partial charge in [-0.25, -0.2) is 13.1 Å². The number of nitrogens with one attached hydrogen (secondary N) is 2. The third kappa shape index (κ3) is 2.74. The number of halogens is 1. The van der Waals surface area contributed by atoms with Crippen LogP contribution in [0.25, 0.3) is 0 Å². The van der Waals surface area contributed by atoms with E-state index >= 15 is 0 Å². The van der Waals surface area contributed by atoms with Gasteiger partial charge in [0.25, 0.3) is 0 Å². The van der Waals surface area contributed by atoms with E-state index < -0.39 is 10.0 Å². The molecule has 0 bridgehead atoms. The van der Waals surface area contributed by atoms with E-state index in [1.54, 1.807) is 12.1 Å². The summed E-state index contributed by atoms with van der Waals surface area (Å²) in [6, 6.07) is 6.24. The Morgan fingerprint density at radius 3 is 2.88 bits per heavy atom. The van der Waals surface area contributed by atoms with Crippen LogP contribution >= 0.6 is 11.6 Å². The zero-order valence-corrected chi connectivity index (χ0v) is 10.2. The van der Waals surface area contributed by atoms with Crippen LogP contribution in [-0.2, 0) is 10.0 Å². The molecule has 16 heavy (non-hydrogen) atoms. The molecule has 88 valence electrons. The molecule has 0 radical (unpaired) electrons. The fraction of sp³-hybridized carbons (Fsp3) is 0.400. The van der Waals surface area contributed by atoms with Gasteiger partial charge in [-0.1, -0.05) is 17.7 Å². The van der Waals surface area contributed by atoms with Crippen molar-refractivity contribution in [2.45, 2.75) is 17.4 Å². The van der Waals surface area contributed by atoms with Crippen LogP contribution in [0.2, 0.25) is 5.02 Å². The largest absolute Gasteiger partial charge is 0.315 e. The van der Waals surface area contributed by atoms with Crippen LogP contribution in [0, 0.1) is 0 Å². The van der Waals surface area contributed by atoms with Gasteiger partial charge in [0.05, 0.1) is 4.90 Å². The topological polar surface area (TPSA) is 58.2 Å². The summed E-state index contributed by atoms with van der Waals surface area (Å²) in [6.45, 7) is 1.53. The highest BCUT2D eigenvalue weighted by molar-refractivity contribution is 7.89. The van der Waals surface area contributed by atoms with Crippen molar-refractivity contribution in [3.05, 3.63) is 29.3 Å². The molecule has 1 aromatic rings. The third-order valence-electron chi connectivity index (χ3n) is 2.49. The van der Waals surface area contributed by atoms with Crippen LogP contribution in [0.1, 0.15) is 6.42 Å². The molecule has 1 aliphatic heterocycles. The van der Waals surface area contributed by atoms with Gasteiger partial charge < -0.3 is 5.32 Å². The van der Waals surface area contributed by atoms with E-state index in [2.05, 4.69) is 10.0 Å². The Bertz CT molecular complexity index is 469. The molecule has 1 heterocycles. The highest BCUT2D eigenvalue weighted by atomic mass is 35.5. The number of sulfonamides is 1. The van der Waals surface area contributed by atoms with Gasteiger partial charge in [0.15, 0.2) is 0 Å². The number of rotatable bonds is 3. The van der Waals surface area contributed by atoms with E-state index in [9.17, 15) is 8.42 Å². The minimum atomic E-state index is -3.44. The van der Waals surface area contributed by atoms with Crippen molar-refractivity contribution in [3.63, 3.8) is 0 Å². The first-order chi connectivity index (χ1) is 7.58. The second kappa shape index (κ2) is 4.71. The van der Waals surface area contributed by atoms with Crippen LogP contribution in [0.15, 0.2) is 29.2 Å². The maximum Gasteiger partial charge on any atom is 0.240 e. The molecule has 1 aliphatic rings. The van der Waals surface area contributed by atoms with E-state index in [0.29, 0.717) is 11.6 Å². The summed E-state index contributed by atoms with van der Waals surface area (Å²) in [7, 11) is -3.44. The predicted octanol–water partition coefficient (Wildman–Crippen LogP) is 0.980. The molecule has 2 N–H and O–H groups in total. The Kier molecular flexibility index (Phi) is 3.49. The molecule has 1 fully saturated rings. The lowest BCUT2D eigenvalue weighted by Gasteiger charge is -2.11. The molecule has 4 nitrogen and oxygen atoms in total. The van der Waals surface area contributed by atoms with Crippen molar-refractivity contribution >= 4 is 21.6 Å². The Hall–Kier alpha value is -0.620. The summed E-state index contributed by atoms with van der Waals surface area (Å²) in [4.78, 5) is 0.215. The first-order valence-corrected chi connectivity index (χ1v) is 6.93. The van der Waals surface area contributed by atoms with Gasteiger partial charge in [0.2, 0.25) is 10.0 Å². The molecule has 0 aromatic heterocycles. The third-order valence-corrected chi connectivity index (χ3v) is 4.24. The van der Waals surface area contributed by atoms with Crippen LogP contribution in [0.4, 0.5) is 0 Å². The van der Waals surface area contributed by atoms with E-state index in [0.717, 1.165) is 13.0 Å². The summed E-state index contributed by atoms with van der Waals surface area (Å²) >= 11 is 5.76. The molecule has 1 aromatic carbocycles. The van der Waals surface area contributed by atoms with Gasteiger partial charge in [-0.3, -0.25) is 0 Å². The van der Waals surface area contributed by atoms with Gasteiger partial charge in [0.1, 0.15) is 0 Å². The van der Waals surface area contributed by atoms with E-state index in [4.69, 9.17) is 11.6 Å². The Balaban J connectivity index is 2.18. The first-order valence-electron chi connectivity index (χ1n) is 5.06. The van der Waals surface area contributed by atoms with Crippen molar-refractivity contribution in [2.75, 3.05) is 13.1 Å². The average Bonchev–Trinajstić information content (AvgIpc) is 2.70. The monoisotopic (exact) mass is 260 g/mol. The molecule has 1 saturated heterocycles. The van der Waals surface area contributed by atoms with Crippen molar-refractivity contribution in [3.8, 4) is 0 Å². The highest BCUT2D eigenvalue weighted by Crippen LogP contribution is 2.16. The molecule has 0 aliphatic carbocycles. The Labute approximate surface area is 100 Å². The van der Waals surface area contributed by atoms with Crippen molar-refractivity contribution in [1.82, 2.24) is 10.0 Å². The lowest BCUT2D eigenvalue weighted by molar-refractivity contribution is 0.560. The van der Waals surface area contributed by atoms with Gasteiger partial charge in [0, 0.05) is 17.6 Å². The Morgan fingerprint density at radius 1 is 1.44 bits per heavy atom. The van der Waals surface area contributed by atoms with Gasteiger partial charge in [-0.05, 0) is 31.2 Å². The molecule has 2 rings (SSSR count). The van der Waals surface area contributed by atoms with E-state index in [-0.39, 0.29) is 10.9 Å².